The standard InChI is InChI=1S/C26H31F3N4O3/c1-15(18-4-3-5-19(23(18)27)24(28)29)30-25(35)20-12-33(26-11-16(26)13-36-14-26)22(34)10-21(20)31-17-6-8-32(2)9-7-17/h3-5,10,12,15-17,24,31H,6-9,11,13-14H2,1-2H3,(H,30,35)/t15?,16-,26-/m1/s1. The van der Waals surface area contributed by atoms with E-state index in [4.69, 9.17) is 4.74 Å². The van der Waals surface area contributed by atoms with Crippen LogP contribution in [0, 0.1) is 11.7 Å². The molecule has 0 bridgehead atoms. The Morgan fingerprint density at radius 1 is 1.22 bits per heavy atom. The number of piperidine rings is 1. The Kier molecular flexibility index (Phi) is 6.59. The highest BCUT2D eigenvalue weighted by Gasteiger charge is 2.60. The van der Waals surface area contributed by atoms with Crippen molar-refractivity contribution in [3.05, 3.63) is 63.3 Å². The number of likely N-dealkylation sites (tertiary alicyclic amines) is 1. The van der Waals surface area contributed by atoms with Crippen molar-refractivity contribution in [2.45, 2.75) is 50.2 Å². The minimum atomic E-state index is -2.96. The van der Waals surface area contributed by atoms with Crippen LogP contribution in [0.5, 0.6) is 0 Å². The lowest BCUT2D eigenvalue weighted by Gasteiger charge is -2.31. The SMILES string of the molecule is CC(NC(=O)c1cn([C@]23COC[C@H]2C3)c(=O)cc1NC1CCN(C)CC1)c1cccc(C(F)F)c1F. The number of hydrogen-bond donors (Lipinski definition) is 2. The summed E-state index contributed by atoms with van der Waals surface area (Å²) in [5, 5.41) is 6.13. The molecule has 1 aromatic carbocycles. The van der Waals surface area contributed by atoms with Gasteiger partial charge in [-0.1, -0.05) is 18.2 Å². The van der Waals surface area contributed by atoms with Crippen molar-refractivity contribution < 1.29 is 22.7 Å². The maximum Gasteiger partial charge on any atom is 0.266 e. The summed E-state index contributed by atoms with van der Waals surface area (Å²) in [6.45, 7) is 4.35. The molecule has 5 rings (SSSR count). The minimum Gasteiger partial charge on any atom is -0.381 e. The van der Waals surface area contributed by atoms with Crippen LogP contribution in [0.2, 0.25) is 0 Å². The van der Waals surface area contributed by atoms with E-state index in [1.165, 1.54) is 18.2 Å². The topological polar surface area (TPSA) is 75.6 Å². The number of fused-ring (bicyclic) bond motifs is 1. The molecule has 3 atom stereocenters. The average molecular weight is 505 g/mol. The third kappa shape index (κ3) is 4.52. The predicted molar refractivity (Wildman–Crippen MR) is 129 cm³/mol. The number of carbonyl (C=O) groups excluding carboxylic acids is 1. The first-order chi connectivity index (χ1) is 17.2. The van der Waals surface area contributed by atoms with E-state index in [1.54, 1.807) is 17.7 Å². The van der Waals surface area contributed by atoms with Gasteiger partial charge in [0.05, 0.1) is 41.6 Å². The Labute approximate surface area is 207 Å². The third-order valence-electron chi connectivity index (χ3n) is 7.83. The lowest BCUT2D eigenvalue weighted by molar-refractivity contribution is 0.0938. The average Bonchev–Trinajstić information content (AvgIpc) is 3.39. The number of aromatic nitrogens is 1. The summed E-state index contributed by atoms with van der Waals surface area (Å²) in [6, 6.07) is 4.46. The van der Waals surface area contributed by atoms with Gasteiger partial charge < -0.3 is 24.8 Å². The second-order valence-electron chi connectivity index (χ2n) is 10.3. The monoisotopic (exact) mass is 504 g/mol. The van der Waals surface area contributed by atoms with Crippen LogP contribution in [0.15, 0.2) is 35.3 Å². The number of pyridine rings is 1. The highest BCUT2D eigenvalue weighted by atomic mass is 19.3. The lowest BCUT2D eigenvalue weighted by atomic mass is 10.0. The third-order valence-corrected chi connectivity index (χ3v) is 7.83. The van der Waals surface area contributed by atoms with Crippen LogP contribution in [-0.4, -0.2) is 54.8 Å². The van der Waals surface area contributed by atoms with Gasteiger partial charge in [0.25, 0.3) is 17.9 Å². The van der Waals surface area contributed by atoms with Crippen molar-refractivity contribution in [2.24, 2.45) is 5.92 Å². The zero-order chi connectivity index (χ0) is 25.6. The summed E-state index contributed by atoms with van der Waals surface area (Å²) in [4.78, 5) is 28.8. The molecule has 2 aromatic rings. The highest BCUT2D eigenvalue weighted by Crippen LogP contribution is 2.54. The molecule has 1 amide bonds. The van der Waals surface area contributed by atoms with E-state index in [2.05, 4.69) is 22.6 Å². The van der Waals surface area contributed by atoms with Crippen molar-refractivity contribution in [3.8, 4) is 0 Å². The molecule has 10 heteroatoms. The van der Waals surface area contributed by atoms with E-state index in [1.807, 2.05) is 0 Å². The van der Waals surface area contributed by atoms with E-state index in [0.717, 1.165) is 38.4 Å². The van der Waals surface area contributed by atoms with Gasteiger partial charge >= 0.3 is 0 Å². The number of nitrogens with zero attached hydrogens (tertiary/aromatic N) is 2. The molecular weight excluding hydrogens is 473 g/mol. The van der Waals surface area contributed by atoms with Gasteiger partial charge in [0.1, 0.15) is 5.82 Å². The van der Waals surface area contributed by atoms with Crippen molar-refractivity contribution in [3.63, 3.8) is 0 Å². The molecule has 2 aliphatic heterocycles. The maximum absolute atomic E-state index is 14.7. The zero-order valence-electron chi connectivity index (χ0n) is 20.4. The van der Waals surface area contributed by atoms with Gasteiger partial charge in [0.2, 0.25) is 0 Å². The normalized spacial score (nSPS) is 25.0. The van der Waals surface area contributed by atoms with Gasteiger partial charge in [-0.15, -0.1) is 0 Å². The van der Waals surface area contributed by atoms with Crippen LogP contribution in [0.4, 0.5) is 18.9 Å². The fourth-order valence-corrected chi connectivity index (χ4v) is 5.48. The van der Waals surface area contributed by atoms with Crippen molar-refractivity contribution in [2.75, 3.05) is 38.7 Å². The Hall–Kier alpha value is -2.85. The number of benzene rings is 1. The number of halogens is 3. The number of carbonyl (C=O) groups is 1. The van der Waals surface area contributed by atoms with Crippen LogP contribution in [-0.2, 0) is 10.3 Å². The number of amides is 1. The Bertz CT molecular complexity index is 1210. The number of rotatable bonds is 7. The Balaban J connectivity index is 1.45. The molecule has 1 saturated carbocycles. The second-order valence-corrected chi connectivity index (χ2v) is 10.3. The van der Waals surface area contributed by atoms with E-state index in [0.29, 0.717) is 18.9 Å². The van der Waals surface area contributed by atoms with Crippen molar-refractivity contribution in [1.82, 2.24) is 14.8 Å². The molecule has 7 nitrogen and oxygen atoms in total. The van der Waals surface area contributed by atoms with Crippen molar-refractivity contribution in [1.29, 1.82) is 0 Å². The Morgan fingerprint density at radius 2 is 1.94 bits per heavy atom. The molecule has 1 aliphatic carbocycles. The zero-order valence-corrected chi connectivity index (χ0v) is 20.4. The van der Waals surface area contributed by atoms with E-state index in [-0.39, 0.29) is 28.6 Å². The fraction of sp³-hybridized carbons (Fsp3) is 0.538. The molecule has 3 heterocycles. The molecule has 3 aliphatic rings. The smallest absolute Gasteiger partial charge is 0.266 e. The molecule has 36 heavy (non-hydrogen) atoms. The summed E-state index contributed by atoms with van der Waals surface area (Å²) in [7, 11) is 2.05. The van der Waals surface area contributed by atoms with Gasteiger partial charge in [-0.2, -0.15) is 0 Å². The van der Waals surface area contributed by atoms with E-state index < -0.39 is 35.3 Å². The second kappa shape index (κ2) is 9.55. The summed E-state index contributed by atoms with van der Waals surface area (Å²) in [5.41, 5.74) is -0.681. The molecule has 2 saturated heterocycles. The Morgan fingerprint density at radius 3 is 2.58 bits per heavy atom. The van der Waals surface area contributed by atoms with Crippen LogP contribution in [0.3, 0.4) is 0 Å². The van der Waals surface area contributed by atoms with Crippen LogP contribution in [0.1, 0.15) is 60.1 Å². The summed E-state index contributed by atoms with van der Waals surface area (Å²) < 4.78 is 48.3. The molecule has 0 radical (unpaired) electrons. The quantitative estimate of drug-likeness (QED) is 0.602. The molecule has 0 spiro atoms. The molecule has 3 fully saturated rings. The first-order valence-electron chi connectivity index (χ1n) is 12.4. The van der Waals surface area contributed by atoms with Gasteiger partial charge in [-0.3, -0.25) is 9.59 Å². The molecule has 1 unspecified atom stereocenters. The van der Waals surface area contributed by atoms with Crippen LogP contribution in [0.25, 0.3) is 0 Å². The van der Waals surface area contributed by atoms with Crippen LogP contribution >= 0.6 is 0 Å². The lowest BCUT2D eigenvalue weighted by Crippen LogP contribution is -2.39. The summed E-state index contributed by atoms with van der Waals surface area (Å²) >= 11 is 0. The van der Waals surface area contributed by atoms with Gasteiger partial charge in [-0.25, -0.2) is 13.2 Å². The van der Waals surface area contributed by atoms with Gasteiger partial charge in [-0.05, 0) is 46.3 Å². The fourth-order valence-electron chi connectivity index (χ4n) is 5.48. The van der Waals surface area contributed by atoms with Gasteiger partial charge in [0.15, 0.2) is 0 Å². The van der Waals surface area contributed by atoms with Gasteiger partial charge in [0, 0.05) is 29.8 Å². The maximum atomic E-state index is 14.7. The van der Waals surface area contributed by atoms with E-state index in [9.17, 15) is 22.8 Å². The molecule has 1 aromatic heterocycles. The van der Waals surface area contributed by atoms with Crippen LogP contribution < -0.4 is 16.2 Å². The highest BCUT2D eigenvalue weighted by molar-refractivity contribution is 5.99. The predicted octanol–water partition coefficient (Wildman–Crippen LogP) is 3.67. The number of nitrogens with one attached hydrogen (secondary N) is 2. The molecule has 2 N–H and O–H groups in total. The first kappa shape index (κ1) is 24.8. The number of anilines is 1. The summed E-state index contributed by atoms with van der Waals surface area (Å²) in [6.07, 6.45) is 1.16. The first-order valence-corrected chi connectivity index (χ1v) is 12.4. The largest absolute Gasteiger partial charge is 0.381 e. The minimum absolute atomic E-state index is 0.0238. The van der Waals surface area contributed by atoms with Crippen molar-refractivity contribution >= 4 is 11.6 Å². The molecular formula is C26H31F3N4O3. The number of alkyl halides is 2. The van der Waals surface area contributed by atoms with E-state index >= 15 is 0 Å². The number of hydrogen-bond acceptors (Lipinski definition) is 5. The summed E-state index contributed by atoms with van der Waals surface area (Å²) in [5.74, 6) is -1.30. The molecule has 194 valence electrons. The number of ether oxygens (including phenoxy) is 1.